The summed E-state index contributed by atoms with van der Waals surface area (Å²) < 4.78 is 0. The second-order valence-corrected chi connectivity index (χ2v) is 5.31. The van der Waals surface area contributed by atoms with E-state index >= 15 is 0 Å². The molecule has 0 radical (unpaired) electrons. The summed E-state index contributed by atoms with van der Waals surface area (Å²) in [5.41, 5.74) is 3.43. The van der Waals surface area contributed by atoms with Gasteiger partial charge in [-0.1, -0.05) is 54.1 Å². The fourth-order valence-corrected chi connectivity index (χ4v) is 2.59. The Morgan fingerprint density at radius 1 is 1.05 bits per heavy atom. The molecular formula is C17H15Cl2N. The Balaban J connectivity index is 0.000000151. The van der Waals surface area contributed by atoms with Gasteiger partial charge < -0.3 is 4.98 Å². The maximum atomic E-state index is 5.67. The monoisotopic (exact) mass is 303 g/mol. The number of aromatic nitrogens is 1. The van der Waals surface area contributed by atoms with E-state index in [1.165, 1.54) is 16.5 Å². The molecule has 2 aromatic carbocycles. The van der Waals surface area contributed by atoms with Gasteiger partial charge >= 0.3 is 0 Å². The number of aromatic amines is 1. The summed E-state index contributed by atoms with van der Waals surface area (Å²) in [6.07, 6.45) is 3.83. The lowest BCUT2D eigenvalue weighted by atomic mass is 10.2. The van der Waals surface area contributed by atoms with Crippen LogP contribution in [0.25, 0.3) is 17.0 Å². The first kappa shape index (κ1) is 14.7. The van der Waals surface area contributed by atoms with E-state index in [4.69, 9.17) is 23.2 Å². The van der Waals surface area contributed by atoms with Crippen LogP contribution in [0.15, 0.2) is 55.2 Å². The number of rotatable bonds is 1. The Morgan fingerprint density at radius 3 is 2.30 bits per heavy atom. The third-order valence-electron chi connectivity index (χ3n) is 2.85. The van der Waals surface area contributed by atoms with Crippen molar-refractivity contribution in [2.75, 3.05) is 0 Å². The van der Waals surface area contributed by atoms with Gasteiger partial charge in [0.15, 0.2) is 0 Å². The van der Waals surface area contributed by atoms with Crippen LogP contribution in [0.1, 0.15) is 11.1 Å². The summed E-state index contributed by atoms with van der Waals surface area (Å²) in [5, 5.41) is 2.63. The van der Waals surface area contributed by atoms with Crippen molar-refractivity contribution in [1.29, 1.82) is 0 Å². The molecule has 3 heteroatoms. The normalized spacial score (nSPS) is 9.95. The number of halogens is 2. The molecule has 0 bridgehead atoms. The van der Waals surface area contributed by atoms with Crippen molar-refractivity contribution < 1.29 is 0 Å². The molecule has 3 rings (SSSR count). The number of fused-ring (bicyclic) bond motifs is 1. The first-order valence-electron chi connectivity index (χ1n) is 6.21. The Kier molecular flexibility index (Phi) is 4.89. The molecule has 102 valence electrons. The van der Waals surface area contributed by atoms with Crippen molar-refractivity contribution in [3.63, 3.8) is 0 Å². The van der Waals surface area contributed by atoms with Crippen LogP contribution in [-0.2, 0) is 0 Å². The van der Waals surface area contributed by atoms with Gasteiger partial charge in [-0.3, -0.25) is 0 Å². The van der Waals surface area contributed by atoms with Gasteiger partial charge in [0.2, 0.25) is 0 Å². The molecule has 1 heterocycles. The maximum absolute atomic E-state index is 5.67. The summed E-state index contributed by atoms with van der Waals surface area (Å²) in [4.78, 5) is 3.17. The fourth-order valence-electron chi connectivity index (χ4n) is 1.95. The van der Waals surface area contributed by atoms with Crippen molar-refractivity contribution in [3.05, 3.63) is 76.4 Å². The zero-order chi connectivity index (χ0) is 14.5. The van der Waals surface area contributed by atoms with Crippen LogP contribution in [0.2, 0.25) is 10.0 Å². The molecule has 1 N–H and O–H groups in total. The molecule has 0 unspecified atom stereocenters. The van der Waals surface area contributed by atoms with E-state index in [0.717, 1.165) is 5.56 Å². The number of para-hydroxylation sites is 1. The van der Waals surface area contributed by atoms with Crippen molar-refractivity contribution in [2.24, 2.45) is 0 Å². The molecule has 0 aliphatic carbocycles. The van der Waals surface area contributed by atoms with Crippen molar-refractivity contribution >= 4 is 40.2 Å². The van der Waals surface area contributed by atoms with E-state index in [2.05, 4.69) is 23.7 Å². The standard InChI is InChI=1S/C10H9N.C7H6Cl2/c1-2-8-7-11-10-6-4-3-5-9(8)10;1-5-2-6(8)4-7(9)3-5/h2-7,11H,1H2;2-4H,1H3. The van der Waals surface area contributed by atoms with E-state index in [9.17, 15) is 0 Å². The van der Waals surface area contributed by atoms with Crippen LogP contribution in [0.3, 0.4) is 0 Å². The topological polar surface area (TPSA) is 15.8 Å². The number of benzene rings is 2. The molecule has 1 nitrogen and oxygen atoms in total. The lowest BCUT2D eigenvalue weighted by Crippen LogP contribution is -1.70. The minimum Gasteiger partial charge on any atom is -0.361 e. The van der Waals surface area contributed by atoms with Crippen LogP contribution >= 0.6 is 23.2 Å². The lowest BCUT2D eigenvalue weighted by Gasteiger charge is -1.93. The van der Waals surface area contributed by atoms with Crippen LogP contribution in [0, 0.1) is 6.92 Å². The van der Waals surface area contributed by atoms with Crippen LogP contribution in [-0.4, -0.2) is 4.98 Å². The predicted octanol–water partition coefficient (Wildman–Crippen LogP) is 6.11. The number of hydrogen-bond donors (Lipinski definition) is 1. The third-order valence-corrected chi connectivity index (χ3v) is 3.28. The van der Waals surface area contributed by atoms with E-state index < -0.39 is 0 Å². The van der Waals surface area contributed by atoms with Gasteiger partial charge in [0.1, 0.15) is 0 Å². The molecule has 0 aliphatic heterocycles. The molecule has 0 aliphatic rings. The first-order valence-corrected chi connectivity index (χ1v) is 6.97. The highest BCUT2D eigenvalue weighted by atomic mass is 35.5. The van der Waals surface area contributed by atoms with Crippen molar-refractivity contribution in [3.8, 4) is 0 Å². The summed E-state index contributed by atoms with van der Waals surface area (Å²) in [7, 11) is 0. The van der Waals surface area contributed by atoms with Gasteiger partial charge in [-0.25, -0.2) is 0 Å². The van der Waals surface area contributed by atoms with Crippen molar-refractivity contribution in [2.45, 2.75) is 6.92 Å². The molecule has 1 aromatic heterocycles. The minimum atomic E-state index is 0.694. The SMILES string of the molecule is C=Cc1c[nH]c2ccccc12.Cc1cc(Cl)cc(Cl)c1. The second kappa shape index (κ2) is 6.65. The van der Waals surface area contributed by atoms with Gasteiger partial charge in [-0.05, 0) is 42.3 Å². The van der Waals surface area contributed by atoms with Gasteiger partial charge in [0.05, 0.1) is 0 Å². The zero-order valence-electron chi connectivity index (χ0n) is 11.2. The first-order chi connectivity index (χ1) is 9.60. The lowest BCUT2D eigenvalue weighted by molar-refractivity contribution is 1.47. The molecular weight excluding hydrogens is 289 g/mol. The number of H-pyrrole nitrogens is 1. The molecule has 0 amide bonds. The highest BCUT2D eigenvalue weighted by Crippen LogP contribution is 2.18. The third kappa shape index (κ3) is 3.66. The molecule has 0 fully saturated rings. The summed E-state index contributed by atoms with van der Waals surface area (Å²) in [6, 6.07) is 13.6. The van der Waals surface area contributed by atoms with E-state index in [0.29, 0.717) is 10.0 Å². The highest BCUT2D eigenvalue weighted by molar-refractivity contribution is 6.34. The zero-order valence-corrected chi connectivity index (χ0v) is 12.7. The Bertz CT molecular complexity index is 678. The molecule has 0 saturated carbocycles. The average Bonchev–Trinajstić information content (AvgIpc) is 2.80. The summed E-state index contributed by atoms with van der Waals surface area (Å²) in [5.74, 6) is 0. The number of nitrogens with one attached hydrogen (secondary N) is 1. The minimum absolute atomic E-state index is 0.694. The maximum Gasteiger partial charge on any atom is 0.0460 e. The smallest absolute Gasteiger partial charge is 0.0460 e. The summed E-state index contributed by atoms with van der Waals surface area (Å²) >= 11 is 11.3. The molecule has 3 aromatic rings. The van der Waals surface area contributed by atoms with Crippen LogP contribution in [0.5, 0.6) is 0 Å². The van der Waals surface area contributed by atoms with Crippen LogP contribution < -0.4 is 0 Å². The fraction of sp³-hybridized carbons (Fsp3) is 0.0588. The number of aryl methyl sites for hydroxylation is 1. The van der Waals surface area contributed by atoms with E-state index in [1.54, 1.807) is 6.07 Å². The molecule has 0 saturated heterocycles. The number of hydrogen-bond acceptors (Lipinski definition) is 0. The molecule has 0 atom stereocenters. The summed E-state index contributed by atoms with van der Waals surface area (Å²) in [6.45, 7) is 5.69. The highest BCUT2D eigenvalue weighted by Gasteiger charge is 1.96. The predicted molar refractivity (Wildman–Crippen MR) is 89.6 cm³/mol. The largest absolute Gasteiger partial charge is 0.361 e. The molecule has 0 spiro atoms. The average molecular weight is 304 g/mol. The van der Waals surface area contributed by atoms with Gasteiger partial charge in [0, 0.05) is 27.1 Å². The Morgan fingerprint density at radius 2 is 1.70 bits per heavy atom. The van der Waals surface area contributed by atoms with Gasteiger partial charge in [0.25, 0.3) is 0 Å². The van der Waals surface area contributed by atoms with Gasteiger partial charge in [-0.2, -0.15) is 0 Å². The Labute approximate surface area is 128 Å². The van der Waals surface area contributed by atoms with Gasteiger partial charge in [-0.15, -0.1) is 0 Å². The van der Waals surface area contributed by atoms with E-state index in [1.807, 2.05) is 43.5 Å². The van der Waals surface area contributed by atoms with Crippen LogP contribution in [0.4, 0.5) is 0 Å². The van der Waals surface area contributed by atoms with Crippen molar-refractivity contribution in [1.82, 2.24) is 4.98 Å². The molecule has 20 heavy (non-hydrogen) atoms. The quantitative estimate of drug-likeness (QED) is 0.558. The van der Waals surface area contributed by atoms with E-state index in [-0.39, 0.29) is 0 Å². The Hall–Kier alpha value is -1.70. The second-order valence-electron chi connectivity index (χ2n) is 4.44.